The standard InChI is InChI=1S/C26H29NO.C7H8O3S/c1-4-25(21-11-7-5-8-12-21)26(22-13-9-6-10-14-22)23-15-17-24(18-16-23)28-20-19-27(2)3;1-6-2-4-7(5-3-6)11(8,9)10/h5-18H,4,19-20H2,1-3H3;2-5H,1H3,(H,8,9,10). The molecule has 0 aromatic heterocycles. The van der Waals surface area contributed by atoms with Crippen LogP contribution in [0.2, 0.25) is 0 Å². The summed E-state index contributed by atoms with van der Waals surface area (Å²) in [5, 5.41) is 0. The molecule has 6 heteroatoms. The Hall–Kier alpha value is -3.71. The molecule has 204 valence electrons. The summed E-state index contributed by atoms with van der Waals surface area (Å²) in [4.78, 5) is 2.06. The molecule has 0 atom stereocenters. The maximum Gasteiger partial charge on any atom is 0.294 e. The first-order valence-corrected chi connectivity index (χ1v) is 14.4. The van der Waals surface area contributed by atoms with E-state index in [1.54, 1.807) is 12.1 Å². The number of ether oxygens (including phenoxy) is 1. The molecule has 0 radical (unpaired) electrons. The fourth-order valence-electron chi connectivity index (χ4n) is 4.06. The zero-order chi connectivity index (χ0) is 28.3. The molecule has 0 fully saturated rings. The van der Waals surface area contributed by atoms with Gasteiger partial charge in [-0.3, -0.25) is 4.55 Å². The normalized spacial score (nSPS) is 11.8. The number of hydrogen-bond donors (Lipinski definition) is 1. The molecular weight excluding hydrogens is 506 g/mol. The Kier molecular flexibility index (Phi) is 11.1. The average molecular weight is 544 g/mol. The van der Waals surface area contributed by atoms with E-state index in [0.29, 0.717) is 6.61 Å². The van der Waals surface area contributed by atoms with Crippen molar-refractivity contribution in [3.8, 4) is 5.75 Å². The quantitative estimate of drug-likeness (QED) is 0.178. The van der Waals surface area contributed by atoms with E-state index in [2.05, 4.69) is 111 Å². The number of rotatable bonds is 9. The van der Waals surface area contributed by atoms with Crippen molar-refractivity contribution in [1.82, 2.24) is 4.90 Å². The molecule has 0 aliphatic rings. The molecule has 0 amide bonds. The molecule has 4 rings (SSSR count). The maximum atomic E-state index is 10.5. The van der Waals surface area contributed by atoms with Gasteiger partial charge < -0.3 is 9.64 Å². The third-order valence-corrected chi connectivity index (χ3v) is 6.98. The van der Waals surface area contributed by atoms with Gasteiger partial charge in [0.15, 0.2) is 0 Å². The van der Waals surface area contributed by atoms with Crippen LogP contribution in [0.5, 0.6) is 5.75 Å². The van der Waals surface area contributed by atoms with Crippen LogP contribution in [0.25, 0.3) is 11.1 Å². The van der Waals surface area contributed by atoms with Crippen LogP contribution in [0.4, 0.5) is 0 Å². The highest BCUT2D eigenvalue weighted by molar-refractivity contribution is 7.85. The van der Waals surface area contributed by atoms with Gasteiger partial charge in [0.05, 0.1) is 4.90 Å². The third kappa shape index (κ3) is 9.21. The first kappa shape index (κ1) is 29.8. The average Bonchev–Trinajstić information content (AvgIpc) is 2.93. The third-order valence-electron chi connectivity index (χ3n) is 6.11. The highest BCUT2D eigenvalue weighted by Crippen LogP contribution is 2.34. The predicted octanol–water partition coefficient (Wildman–Crippen LogP) is 7.24. The molecule has 39 heavy (non-hydrogen) atoms. The highest BCUT2D eigenvalue weighted by Gasteiger charge is 2.13. The van der Waals surface area contributed by atoms with Crippen LogP contribution >= 0.6 is 0 Å². The van der Waals surface area contributed by atoms with Crippen LogP contribution in [0.3, 0.4) is 0 Å². The molecule has 0 unspecified atom stereocenters. The number of benzene rings is 4. The summed E-state index contributed by atoms with van der Waals surface area (Å²) in [5.74, 6) is 0.913. The first-order chi connectivity index (χ1) is 18.7. The number of aryl methyl sites for hydroxylation is 1. The largest absolute Gasteiger partial charge is 0.492 e. The van der Waals surface area contributed by atoms with E-state index in [9.17, 15) is 8.42 Å². The van der Waals surface area contributed by atoms with Gasteiger partial charge in [-0.1, -0.05) is 97.4 Å². The molecule has 0 heterocycles. The molecule has 1 N–H and O–H groups in total. The summed E-state index contributed by atoms with van der Waals surface area (Å²) >= 11 is 0. The Morgan fingerprint density at radius 3 is 1.74 bits per heavy atom. The van der Waals surface area contributed by atoms with Gasteiger partial charge >= 0.3 is 0 Å². The summed E-state index contributed by atoms with van der Waals surface area (Å²) in [6.07, 6.45) is 0.968. The van der Waals surface area contributed by atoms with Crippen molar-refractivity contribution in [3.63, 3.8) is 0 Å². The molecule has 0 saturated heterocycles. The van der Waals surface area contributed by atoms with E-state index in [0.717, 1.165) is 24.3 Å². The van der Waals surface area contributed by atoms with Crippen molar-refractivity contribution in [2.24, 2.45) is 0 Å². The Bertz CT molecular complexity index is 1430. The minimum Gasteiger partial charge on any atom is -0.492 e. The molecule has 4 aromatic carbocycles. The zero-order valence-electron chi connectivity index (χ0n) is 23.0. The minimum atomic E-state index is -4.02. The smallest absolute Gasteiger partial charge is 0.294 e. The summed E-state index contributed by atoms with van der Waals surface area (Å²) in [6, 6.07) is 35.8. The van der Waals surface area contributed by atoms with Crippen LogP contribution in [0, 0.1) is 6.92 Å². The van der Waals surface area contributed by atoms with Gasteiger partial charge in [0, 0.05) is 6.54 Å². The number of hydrogen-bond acceptors (Lipinski definition) is 4. The second-order valence-corrected chi connectivity index (χ2v) is 10.8. The molecule has 0 aliphatic heterocycles. The van der Waals surface area contributed by atoms with E-state index in [1.165, 1.54) is 40.0 Å². The van der Waals surface area contributed by atoms with Crippen molar-refractivity contribution >= 4 is 21.3 Å². The summed E-state index contributed by atoms with van der Waals surface area (Å²) in [5.41, 5.74) is 7.33. The minimum absolute atomic E-state index is 0.0666. The lowest BCUT2D eigenvalue weighted by atomic mass is 9.88. The highest BCUT2D eigenvalue weighted by atomic mass is 32.2. The van der Waals surface area contributed by atoms with Crippen molar-refractivity contribution in [2.45, 2.75) is 25.2 Å². The van der Waals surface area contributed by atoms with Gasteiger partial charge in [-0.05, 0) is 79.5 Å². The molecule has 4 aromatic rings. The SMILES string of the molecule is CCC(=C(c1ccccc1)c1ccc(OCCN(C)C)cc1)c1ccccc1.Cc1ccc(S(=O)(=O)O)cc1. The monoisotopic (exact) mass is 543 g/mol. The van der Waals surface area contributed by atoms with Crippen LogP contribution in [-0.2, 0) is 10.1 Å². The van der Waals surface area contributed by atoms with Crippen LogP contribution in [0.1, 0.15) is 35.6 Å². The number of allylic oxidation sites excluding steroid dienone is 1. The van der Waals surface area contributed by atoms with Gasteiger partial charge in [-0.25, -0.2) is 0 Å². The van der Waals surface area contributed by atoms with E-state index in [1.807, 2.05) is 6.92 Å². The van der Waals surface area contributed by atoms with Crippen molar-refractivity contribution in [3.05, 3.63) is 131 Å². The van der Waals surface area contributed by atoms with E-state index >= 15 is 0 Å². The molecular formula is C33H37NO4S. The van der Waals surface area contributed by atoms with Gasteiger partial charge in [0.25, 0.3) is 10.1 Å². The lowest BCUT2D eigenvalue weighted by molar-refractivity contribution is 0.261. The first-order valence-electron chi connectivity index (χ1n) is 12.9. The van der Waals surface area contributed by atoms with Gasteiger partial charge in [0.2, 0.25) is 0 Å². The maximum absolute atomic E-state index is 10.5. The van der Waals surface area contributed by atoms with E-state index in [4.69, 9.17) is 9.29 Å². The summed E-state index contributed by atoms with van der Waals surface area (Å²) in [6.45, 7) is 5.67. The molecule has 0 aliphatic carbocycles. The number of nitrogens with zero attached hydrogens (tertiary/aromatic N) is 1. The van der Waals surface area contributed by atoms with Crippen molar-refractivity contribution < 1.29 is 17.7 Å². The molecule has 0 bridgehead atoms. The molecule has 0 spiro atoms. The Morgan fingerprint density at radius 2 is 1.26 bits per heavy atom. The fourth-order valence-corrected chi connectivity index (χ4v) is 4.54. The van der Waals surface area contributed by atoms with Crippen LogP contribution in [0.15, 0.2) is 114 Å². The van der Waals surface area contributed by atoms with Gasteiger partial charge in [0.1, 0.15) is 12.4 Å². The fraction of sp³-hybridized carbons (Fsp3) is 0.212. The summed E-state index contributed by atoms with van der Waals surface area (Å²) < 4.78 is 35.4. The Morgan fingerprint density at radius 1 is 0.744 bits per heavy atom. The van der Waals surface area contributed by atoms with Gasteiger partial charge in [-0.15, -0.1) is 0 Å². The van der Waals surface area contributed by atoms with E-state index < -0.39 is 10.1 Å². The molecule has 0 saturated carbocycles. The molecule has 5 nitrogen and oxygen atoms in total. The Balaban J connectivity index is 0.000000320. The lowest BCUT2D eigenvalue weighted by Gasteiger charge is -2.17. The van der Waals surface area contributed by atoms with Gasteiger partial charge in [-0.2, -0.15) is 8.42 Å². The summed E-state index contributed by atoms with van der Waals surface area (Å²) in [7, 11) is 0.0900. The Labute approximate surface area is 233 Å². The van der Waals surface area contributed by atoms with E-state index in [-0.39, 0.29) is 4.90 Å². The van der Waals surface area contributed by atoms with Crippen molar-refractivity contribution in [2.75, 3.05) is 27.2 Å². The predicted molar refractivity (Wildman–Crippen MR) is 161 cm³/mol. The zero-order valence-corrected chi connectivity index (χ0v) is 23.9. The second kappa shape index (κ2) is 14.4. The number of likely N-dealkylation sites (N-methyl/N-ethyl adjacent to an activating group) is 1. The van der Waals surface area contributed by atoms with Crippen LogP contribution in [-0.4, -0.2) is 45.1 Å². The topological polar surface area (TPSA) is 66.8 Å². The lowest BCUT2D eigenvalue weighted by Crippen LogP contribution is -2.19. The second-order valence-electron chi connectivity index (χ2n) is 9.40. The van der Waals surface area contributed by atoms with Crippen molar-refractivity contribution in [1.29, 1.82) is 0 Å². The van der Waals surface area contributed by atoms with Crippen LogP contribution < -0.4 is 4.74 Å².